The van der Waals surface area contributed by atoms with Crippen LogP contribution in [0.25, 0.3) is 0 Å². The number of carbonyl (C=O) groups excluding carboxylic acids is 4. The van der Waals surface area contributed by atoms with Gasteiger partial charge >= 0.3 is 11.9 Å². The maximum Gasteiger partial charge on any atom is 0.305 e. The van der Waals surface area contributed by atoms with E-state index in [4.69, 9.17) is 5.73 Å². The van der Waals surface area contributed by atoms with Crippen molar-refractivity contribution in [2.24, 2.45) is 5.73 Å². The van der Waals surface area contributed by atoms with Gasteiger partial charge in [0.15, 0.2) is 5.78 Å². The lowest BCUT2D eigenvalue weighted by molar-refractivity contribution is -0.394. The zero-order valence-corrected chi connectivity index (χ0v) is 38.5. The second-order valence-corrected chi connectivity index (χ2v) is 16.2. The summed E-state index contributed by atoms with van der Waals surface area (Å²) in [5, 5.41) is 71.1. The number of aliphatic carboxylic acids is 2. The number of nitrogens with zero attached hydrogens (tertiary/aromatic N) is 4. The van der Waals surface area contributed by atoms with Gasteiger partial charge < -0.3 is 31.9 Å². The second-order valence-electron chi connectivity index (χ2n) is 16.2. The number of carbonyl (C=O) groups is 6. The highest BCUT2D eigenvalue weighted by atomic mass is 16.6. The van der Waals surface area contributed by atoms with Crippen LogP contribution < -0.4 is 21.7 Å². The summed E-state index contributed by atoms with van der Waals surface area (Å²) in [6, 6.07) is 33.3. The molecule has 0 saturated carbocycles. The summed E-state index contributed by atoms with van der Waals surface area (Å²) in [6.45, 7) is 0. The molecule has 0 aliphatic carbocycles. The van der Waals surface area contributed by atoms with Crippen LogP contribution in [0.15, 0.2) is 152 Å². The molecule has 0 aliphatic heterocycles. The monoisotopic (exact) mass is 1010 g/mol. The molecule has 3 amide bonds. The van der Waals surface area contributed by atoms with E-state index < -0.39 is 102 Å². The first-order valence-electron chi connectivity index (χ1n) is 21.9. The number of carboxylic acids is 2. The topological polar surface area (TPSA) is 378 Å². The maximum absolute atomic E-state index is 13.0. The molecule has 7 N–H and O–H groups in total. The van der Waals surface area contributed by atoms with Gasteiger partial charge in [-0.1, -0.05) is 109 Å². The summed E-state index contributed by atoms with van der Waals surface area (Å²) in [5.41, 5.74) is 5.34. The summed E-state index contributed by atoms with van der Waals surface area (Å²) in [5.74, 6) is -4.84. The summed E-state index contributed by atoms with van der Waals surface area (Å²) >= 11 is 0. The van der Waals surface area contributed by atoms with Crippen LogP contribution in [0.3, 0.4) is 0 Å². The first-order chi connectivity index (χ1) is 35.2. The Morgan fingerprint density at radius 1 is 0.419 bits per heavy atom. The van der Waals surface area contributed by atoms with Crippen LogP contribution in [0.4, 0.5) is 22.7 Å². The number of hydrogen-bond acceptors (Lipinski definition) is 15. The van der Waals surface area contributed by atoms with Crippen LogP contribution in [0, 0.1) is 40.5 Å². The number of nitrogens with two attached hydrogens (primary N) is 1. The Balaban J connectivity index is 0.000000274. The van der Waals surface area contributed by atoms with Crippen molar-refractivity contribution < 1.29 is 58.7 Å². The van der Waals surface area contributed by atoms with Crippen molar-refractivity contribution in [1.29, 1.82) is 0 Å². The zero-order chi connectivity index (χ0) is 54.1. The predicted molar refractivity (Wildman–Crippen MR) is 261 cm³/mol. The van der Waals surface area contributed by atoms with Crippen molar-refractivity contribution in [3.05, 3.63) is 231 Å². The highest BCUT2D eigenvalue weighted by molar-refractivity contribution is 6.09. The molecule has 24 nitrogen and oxygen atoms in total. The summed E-state index contributed by atoms with van der Waals surface area (Å²) in [4.78, 5) is 116. The van der Waals surface area contributed by atoms with Crippen LogP contribution in [0.5, 0.6) is 0 Å². The SMILES string of the molecule is N[C@@H](CC(=O)N[C@@H](CC(=O)O)c1ccccc1)c1cccc(C(=O)c2cc([N+](=O)[O-])cc([N+](=O)[O-])c2)c1.O=C(O)C[C@H](NC(=O)C[C@H](NC(=O)c1cc([N+](=O)[O-])cc([N+](=O)[O-])c1)c1ccccc1)c1ccccc1. The minimum Gasteiger partial charge on any atom is -0.481 e. The van der Waals surface area contributed by atoms with E-state index >= 15 is 0 Å². The van der Waals surface area contributed by atoms with Gasteiger partial charge in [-0.25, -0.2) is 0 Å². The van der Waals surface area contributed by atoms with E-state index in [0.717, 1.165) is 36.4 Å². The van der Waals surface area contributed by atoms with Gasteiger partial charge in [-0.3, -0.25) is 69.2 Å². The quantitative estimate of drug-likeness (QED) is 0.0223. The van der Waals surface area contributed by atoms with Crippen molar-refractivity contribution in [3.8, 4) is 0 Å². The molecule has 380 valence electrons. The molecule has 0 bridgehead atoms. The Labute approximate surface area is 418 Å². The van der Waals surface area contributed by atoms with E-state index in [1.54, 1.807) is 97.1 Å². The van der Waals surface area contributed by atoms with Crippen LogP contribution >= 0.6 is 0 Å². The molecule has 6 rings (SSSR count). The zero-order valence-electron chi connectivity index (χ0n) is 38.5. The summed E-state index contributed by atoms with van der Waals surface area (Å²) in [6.07, 6.45) is -1.21. The average Bonchev–Trinajstić information content (AvgIpc) is 3.38. The van der Waals surface area contributed by atoms with E-state index in [1.807, 2.05) is 0 Å². The van der Waals surface area contributed by atoms with Crippen molar-refractivity contribution in [3.63, 3.8) is 0 Å². The molecule has 6 aromatic carbocycles. The number of ketones is 1. The molecule has 4 atom stereocenters. The maximum atomic E-state index is 13.0. The molecule has 0 aromatic heterocycles. The van der Waals surface area contributed by atoms with Crippen molar-refractivity contribution >= 4 is 58.2 Å². The summed E-state index contributed by atoms with van der Waals surface area (Å²) in [7, 11) is 0. The van der Waals surface area contributed by atoms with Crippen LogP contribution in [-0.2, 0) is 19.2 Å². The smallest absolute Gasteiger partial charge is 0.305 e. The Kier molecular flexibility index (Phi) is 19.0. The third kappa shape index (κ3) is 16.0. The Morgan fingerprint density at radius 3 is 1.15 bits per heavy atom. The molecule has 0 heterocycles. The second kappa shape index (κ2) is 25.7. The lowest BCUT2D eigenvalue weighted by Gasteiger charge is -2.22. The molecule has 0 aliphatic rings. The number of amides is 3. The average molecular weight is 1010 g/mol. The van der Waals surface area contributed by atoms with E-state index in [-0.39, 0.29) is 42.4 Å². The molecule has 0 unspecified atom stereocenters. The molecular weight excluding hydrogens is 969 g/mol. The van der Waals surface area contributed by atoms with Gasteiger partial charge in [-0.15, -0.1) is 0 Å². The standard InChI is InChI=1S/2C25H22N4O8/c30-23(26-22(15-24(31)32)17-9-5-2-6-10-17)14-21(16-7-3-1-4-8-16)27-25(33)18-11-19(28(34)35)13-20(12-18)29(36)37;26-21(13-23(30)27-22(14-24(31)32)15-5-2-1-3-6-15)16-7-4-8-17(9-16)25(33)18-10-19(28(34)35)12-20(11-18)29(36)37/h1-13,21-22H,14-15H2,(H,26,30)(H,27,33)(H,31,32);1-12,21-22H,13-14,26H2,(H,27,30)(H,31,32)/t2*21-,22-/m00/s1. The fourth-order valence-electron chi connectivity index (χ4n) is 7.36. The summed E-state index contributed by atoms with van der Waals surface area (Å²) < 4.78 is 0. The van der Waals surface area contributed by atoms with Gasteiger partial charge in [0.1, 0.15) is 0 Å². The first kappa shape index (κ1) is 54.8. The van der Waals surface area contributed by atoms with Gasteiger partial charge in [0.05, 0.1) is 74.8 Å². The van der Waals surface area contributed by atoms with Gasteiger partial charge in [0, 0.05) is 47.9 Å². The third-order valence-electron chi connectivity index (χ3n) is 10.9. The first-order valence-corrected chi connectivity index (χ1v) is 21.9. The minimum absolute atomic E-state index is 0.0659. The van der Waals surface area contributed by atoms with Crippen LogP contribution in [0.1, 0.15) is 98.4 Å². The number of carboxylic acid groups (broad SMARTS) is 2. The highest BCUT2D eigenvalue weighted by Crippen LogP contribution is 2.28. The number of rotatable bonds is 22. The Morgan fingerprint density at radius 2 is 0.770 bits per heavy atom. The number of nitrogens with one attached hydrogen (secondary N) is 3. The highest BCUT2D eigenvalue weighted by Gasteiger charge is 2.27. The number of hydrogen-bond donors (Lipinski definition) is 6. The molecule has 24 heteroatoms. The number of non-ortho nitro benzene ring substituents is 4. The van der Waals surface area contributed by atoms with E-state index in [1.165, 1.54) is 18.2 Å². The molecule has 0 spiro atoms. The third-order valence-corrected chi connectivity index (χ3v) is 10.9. The van der Waals surface area contributed by atoms with Gasteiger partial charge in [-0.2, -0.15) is 0 Å². The van der Waals surface area contributed by atoms with Crippen molar-refractivity contribution in [2.75, 3.05) is 0 Å². The fourth-order valence-corrected chi connectivity index (χ4v) is 7.36. The minimum atomic E-state index is -1.12. The Bertz CT molecular complexity index is 3020. The predicted octanol–water partition coefficient (Wildman–Crippen LogP) is 7.15. The normalized spacial score (nSPS) is 12.2. The molecule has 0 radical (unpaired) electrons. The van der Waals surface area contributed by atoms with E-state index in [2.05, 4.69) is 16.0 Å². The van der Waals surface area contributed by atoms with E-state index in [9.17, 15) is 79.4 Å². The van der Waals surface area contributed by atoms with Crippen molar-refractivity contribution in [1.82, 2.24) is 16.0 Å². The van der Waals surface area contributed by atoms with E-state index in [0.29, 0.717) is 22.3 Å². The number of benzene rings is 6. The van der Waals surface area contributed by atoms with Gasteiger partial charge in [-0.05, 0) is 28.3 Å². The number of nitro groups is 4. The lowest BCUT2D eigenvalue weighted by atomic mass is 9.96. The number of nitro benzene ring substituents is 4. The van der Waals surface area contributed by atoms with Crippen molar-refractivity contribution in [2.45, 2.75) is 49.9 Å². The molecular formula is C50H44N8O16. The molecule has 0 saturated heterocycles. The fraction of sp³-hybridized carbons (Fsp3) is 0.160. The molecule has 0 fully saturated rings. The van der Waals surface area contributed by atoms with Gasteiger partial charge in [0.25, 0.3) is 28.7 Å². The van der Waals surface area contributed by atoms with Gasteiger partial charge in [0.2, 0.25) is 11.8 Å². The van der Waals surface area contributed by atoms with Crippen LogP contribution in [-0.4, -0.2) is 65.3 Å². The largest absolute Gasteiger partial charge is 0.481 e. The van der Waals surface area contributed by atoms with Crippen LogP contribution in [0.2, 0.25) is 0 Å². The molecule has 74 heavy (non-hydrogen) atoms. The lowest BCUT2D eigenvalue weighted by Crippen LogP contribution is -2.36. The Hall–Kier alpha value is -10.1. The molecule has 6 aromatic rings.